The van der Waals surface area contributed by atoms with Crippen LogP contribution in [0.4, 0.5) is 0 Å². The van der Waals surface area contributed by atoms with Crippen LogP contribution < -0.4 is 5.43 Å². The molecule has 146 valence electrons. The SMILES string of the molecule is CCc1ccc(-c2noc(COC(=O)c3cc(=O)c4cc(C)ccc4o3)n2)cc1. The van der Waals surface area contributed by atoms with E-state index in [4.69, 9.17) is 13.7 Å². The number of carbonyl (C=O) groups is 1. The van der Waals surface area contributed by atoms with Crippen LogP contribution in [0.25, 0.3) is 22.4 Å². The molecule has 4 rings (SSSR count). The summed E-state index contributed by atoms with van der Waals surface area (Å²) in [6.07, 6.45) is 0.943. The Morgan fingerprint density at radius 1 is 1.10 bits per heavy atom. The van der Waals surface area contributed by atoms with Crippen molar-refractivity contribution in [3.05, 3.63) is 81.5 Å². The van der Waals surface area contributed by atoms with Gasteiger partial charge in [0.25, 0.3) is 5.89 Å². The summed E-state index contributed by atoms with van der Waals surface area (Å²) in [5.74, 6) is -0.407. The van der Waals surface area contributed by atoms with Crippen molar-refractivity contribution in [3.8, 4) is 11.4 Å². The number of fused-ring (bicyclic) bond motifs is 1. The van der Waals surface area contributed by atoms with Crippen molar-refractivity contribution in [1.29, 1.82) is 0 Å². The standard InChI is InChI=1S/C22H18N2O5/c1-3-14-5-7-15(8-6-14)21-23-20(29-24-21)12-27-22(26)19-11-17(25)16-10-13(2)4-9-18(16)28-19/h4-11H,3,12H2,1-2H3. The lowest BCUT2D eigenvalue weighted by molar-refractivity contribution is 0.0394. The van der Waals surface area contributed by atoms with Crippen LogP contribution in [0.3, 0.4) is 0 Å². The first-order valence-corrected chi connectivity index (χ1v) is 9.17. The summed E-state index contributed by atoms with van der Waals surface area (Å²) in [5.41, 5.74) is 2.96. The van der Waals surface area contributed by atoms with Crippen molar-refractivity contribution >= 4 is 16.9 Å². The van der Waals surface area contributed by atoms with Gasteiger partial charge < -0.3 is 13.7 Å². The zero-order chi connectivity index (χ0) is 20.4. The molecule has 7 nitrogen and oxygen atoms in total. The molecule has 0 unspecified atom stereocenters. The fourth-order valence-corrected chi connectivity index (χ4v) is 2.89. The van der Waals surface area contributed by atoms with Gasteiger partial charge in [-0.2, -0.15) is 4.98 Å². The van der Waals surface area contributed by atoms with Crippen molar-refractivity contribution in [2.45, 2.75) is 26.9 Å². The van der Waals surface area contributed by atoms with E-state index in [-0.39, 0.29) is 23.7 Å². The molecule has 0 aliphatic rings. The molecule has 4 aromatic rings. The molecule has 0 saturated carbocycles. The molecule has 0 spiro atoms. The number of hydrogen-bond donors (Lipinski definition) is 0. The summed E-state index contributed by atoms with van der Waals surface area (Å²) in [6.45, 7) is 3.72. The number of hydrogen-bond acceptors (Lipinski definition) is 7. The van der Waals surface area contributed by atoms with E-state index in [0.29, 0.717) is 16.8 Å². The minimum absolute atomic E-state index is 0.145. The Morgan fingerprint density at radius 3 is 2.66 bits per heavy atom. The molecule has 0 aliphatic carbocycles. The summed E-state index contributed by atoms with van der Waals surface area (Å²) >= 11 is 0. The van der Waals surface area contributed by atoms with Gasteiger partial charge in [0.05, 0.1) is 5.39 Å². The molecule has 0 atom stereocenters. The first kappa shape index (κ1) is 18.6. The predicted octanol–water partition coefficient (Wildman–Crippen LogP) is 4.07. The summed E-state index contributed by atoms with van der Waals surface area (Å²) in [6, 6.07) is 14.1. The largest absolute Gasteiger partial charge is 0.450 e. The van der Waals surface area contributed by atoms with Gasteiger partial charge in [-0.3, -0.25) is 4.79 Å². The van der Waals surface area contributed by atoms with Crippen molar-refractivity contribution in [1.82, 2.24) is 10.1 Å². The van der Waals surface area contributed by atoms with Crippen molar-refractivity contribution in [2.75, 3.05) is 0 Å². The normalized spacial score (nSPS) is 11.0. The molecule has 0 saturated heterocycles. The lowest BCUT2D eigenvalue weighted by atomic mass is 10.1. The fourth-order valence-electron chi connectivity index (χ4n) is 2.89. The highest BCUT2D eigenvalue weighted by Crippen LogP contribution is 2.18. The molecule has 2 heterocycles. The van der Waals surface area contributed by atoms with E-state index in [9.17, 15) is 9.59 Å². The predicted molar refractivity (Wildman–Crippen MR) is 105 cm³/mol. The first-order chi connectivity index (χ1) is 14.0. The second-order valence-corrected chi connectivity index (χ2v) is 6.61. The first-order valence-electron chi connectivity index (χ1n) is 9.17. The Balaban J connectivity index is 1.47. The molecule has 2 aromatic carbocycles. The molecule has 29 heavy (non-hydrogen) atoms. The number of rotatable bonds is 5. The van der Waals surface area contributed by atoms with E-state index in [2.05, 4.69) is 17.1 Å². The van der Waals surface area contributed by atoms with Crippen LogP contribution >= 0.6 is 0 Å². The van der Waals surface area contributed by atoms with Gasteiger partial charge >= 0.3 is 5.97 Å². The Hall–Kier alpha value is -3.74. The number of nitrogens with zero attached hydrogens (tertiary/aromatic N) is 2. The van der Waals surface area contributed by atoms with E-state index in [1.807, 2.05) is 31.2 Å². The Labute approximate surface area is 165 Å². The van der Waals surface area contributed by atoms with Crippen LogP contribution in [0.2, 0.25) is 0 Å². The van der Waals surface area contributed by atoms with Gasteiger partial charge in [-0.05, 0) is 31.0 Å². The lowest BCUT2D eigenvalue weighted by Crippen LogP contribution is -2.10. The maximum absolute atomic E-state index is 12.3. The second-order valence-electron chi connectivity index (χ2n) is 6.61. The second kappa shape index (κ2) is 7.71. The number of aryl methyl sites for hydroxylation is 2. The highest BCUT2D eigenvalue weighted by Gasteiger charge is 2.16. The van der Waals surface area contributed by atoms with E-state index < -0.39 is 5.97 Å². The Kier molecular flexibility index (Phi) is 4.95. The highest BCUT2D eigenvalue weighted by atomic mass is 16.6. The molecule has 7 heteroatoms. The summed E-state index contributed by atoms with van der Waals surface area (Å²) < 4.78 is 15.8. The monoisotopic (exact) mass is 390 g/mol. The van der Waals surface area contributed by atoms with E-state index >= 15 is 0 Å². The van der Waals surface area contributed by atoms with Gasteiger partial charge in [0.15, 0.2) is 12.0 Å². The van der Waals surface area contributed by atoms with Crippen LogP contribution in [-0.2, 0) is 17.8 Å². The molecular formula is C22H18N2O5. The topological polar surface area (TPSA) is 95.4 Å². The minimum atomic E-state index is -0.781. The van der Waals surface area contributed by atoms with Gasteiger partial charge in [0.2, 0.25) is 11.6 Å². The molecule has 0 bridgehead atoms. The molecule has 0 amide bonds. The summed E-state index contributed by atoms with van der Waals surface area (Å²) in [5, 5.41) is 4.32. The van der Waals surface area contributed by atoms with Crippen LogP contribution in [0.5, 0.6) is 0 Å². The zero-order valence-electron chi connectivity index (χ0n) is 16.0. The van der Waals surface area contributed by atoms with Crippen molar-refractivity contribution in [2.24, 2.45) is 0 Å². The van der Waals surface area contributed by atoms with Gasteiger partial charge in [-0.25, -0.2) is 4.79 Å². The zero-order valence-corrected chi connectivity index (χ0v) is 16.0. The highest BCUT2D eigenvalue weighted by molar-refractivity contribution is 5.89. The van der Waals surface area contributed by atoms with E-state index in [0.717, 1.165) is 23.6 Å². The number of esters is 1. The van der Waals surface area contributed by atoms with Gasteiger partial charge in [0, 0.05) is 11.6 Å². The van der Waals surface area contributed by atoms with Gasteiger partial charge in [0.1, 0.15) is 5.58 Å². The maximum Gasteiger partial charge on any atom is 0.374 e. The van der Waals surface area contributed by atoms with Gasteiger partial charge in [-0.15, -0.1) is 0 Å². The van der Waals surface area contributed by atoms with Crippen LogP contribution in [-0.4, -0.2) is 16.1 Å². The molecule has 0 radical (unpaired) electrons. The number of ether oxygens (including phenoxy) is 1. The van der Waals surface area contributed by atoms with Crippen LogP contribution in [0.15, 0.2) is 62.3 Å². The van der Waals surface area contributed by atoms with E-state index in [1.165, 1.54) is 5.56 Å². The van der Waals surface area contributed by atoms with Crippen molar-refractivity contribution in [3.63, 3.8) is 0 Å². The third-order valence-electron chi connectivity index (χ3n) is 4.50. The minimum Gasteiger partial charge on any atom is -0.450 e. The van der Waals surface area contributed by atoms with Crippen molar-refractivity contribution < 1.29 is 18.5 Å². The lowest BCUT2D eigenvalue weighted by Gasteiger charge is -2.03. The van der Waals surface area contributed by atoms with E-state index in [1.54, 1.807) is 18.2 Å². The quantitative estimate of drug-likeness (QED) is 0.474. The maximum atomic E-state index is 12.3. The summed E-state index contributed by atoms with van der Waals surface area (Å²) in [4.78, 5) is 28.7. The molecule has 2 aromatic heterocycles. The van der Waals surface area contributed by atoms with Crippen LogP contribution in [0.1, 0.15) is 34.5 Å². The molecular weight excluding hydrogens is 372 g/mol. The molecule has 0 aliphatic heterocycles. The number of benzene rings is 2. The smallest absolute Gasteiger partial charge is 0.374 e. The third-order valence-corrected chi connectivity index (χ3v) is 4.50. The number of aromatic nitrogens is 2. The third kappa shape index (κ3) is 3.94. The Bertz CT molecular complexity index is 1240. The molecule has 0 N–H and O–H groups in total. The molecule has 0 fully saturated rings. The van der Waals surface area contributed by atoms with Crippen LogP contribution in [0, 0.1) is 6.92 Å². The number of carbonyl (C=O) groups excluding carboxylic acids is 1. The Morgan fingerprint density at radius 2 is 1.90 bits per heavy atom. The average Bonchev–Trinajstić information content (AvgIpc) is 3.21. The fraction of sp³-hybridized carbons (Fsp3) is 0.182. The van der Waals surface area contributed by atoms with Gasteiger partial charge in [-0.1, -0.05) is 48.0 Å². The average molecular weight is 390 g/mol. The summed E-state index contributed by atoms with van der Waals surface area (Å²) in [7, 11) is 0.